The fourth-order valence-corrected chi connectivity index (χ4v) is 5.74. The Morgan fingerprint density at radius 1 is 1.22 bits per heavy atom. The molecule has 4 rings (SSSR count). The Labute approximate surface area is 224 Å². The number of hydrogen-bond donors (Lipinski definition) is 2. The first-order valence-corrected chi connectivity index (χ1v) is 13.7. The van der Waals surface area contributed by atoms with Crippen LogP contribution in [-0.4, -0.2) is 48.2 Å². The molecule has 1 unspecified atom stereocenters. The molecule has 0 spiro atoms. The van der Waals surface area contributed by atoms with Crippen molar-refractivity contribution in [2.75, 3.05) is 35.7 Å². The number of thiazole rings is 1. The van der Waals surface area contributed by atoms with Crippen molar-refractivity contribution in [3.05, 3.63) is 67.3 Å². The van der Waals surface area contributed by atoms with Crippen molar-refractivity contribution >= 4 is 51.5 Å². The number of nitrogens with zero attached hydrogens (tertiary/aromatic N) is 2. The van der Waals surface area contributed by atoms with Crippen molar-refractivity contribution in [1.82, 2.24) is 10.3 Å². The van der Waals surface area contributed by atoms with Crippen LogP contribution in [0, 0.1) is 5.92 Å². The summed E-state index contributed by atoms with van der Waals surface area (Å²) in [6, 6.07) is 16.8. The monoisotopic (exact) mass is 536 g/mol. The van der Waals surface area contributed by atoms with Gasteiger partial charge in [0, 0.05) is 30.8 Å². The van der Waals surface area contributed by atoms with Gasteiger partial charge < -0.3 is 20.3 Å². The summed E-state index contributed by atoms with van der Waals surface area (Å²) < 4.78 is 6.14. The number of ether oxygens (including phenoxy) is 1. The molecule has 192 valence electrons. The normalized spacial score (nSPS) is 14.9. The van der Waals surface area contributed by atoms with E-state index in [-0.39, 0.29) is 29.9 Å². The van der Waals surface area contributed by atoms with Gasteiger partial charge in [-0.1, -0.05) is 59.5 Å². The van der Waals surface area contributed by atoms with E-state index in [1.807, 2.05) is 61.5 Å². The molecule has 0 bridgehead atoms. The Morgan fingerprint density at radius 3 is 2.68 bits per heavy atom. The summed E-state index contributed by atoms with van der Waals surface area (Å²) in [5, 5.41) is 6.34. The molecule has 10 heteroatoms. The molecule has 1 aromatic heterocycles. The average Bonchev–Trinajstić information content (AvgIpc) is 3.50. The van der Waals surface area contributed by atoms with Gasteiger partial charge in [-0.05, 0) is 31.2 Å². The molecule has 1 fully saturated rings. The second kappa shape index (κ2) is 12.6. The van der Waals surface area contributed by atoms with Crippen molar-refractivity contribution in [3.63, 3.8) is 0 Å². The van der Waals surface area contributed by atoms with Gasteiger partial charge in [-0.3, -0.25) is 14.4 Å². The summed E-state index contributed by atoms with van der Waals surface area (Å²) in [5.74, 6) is -0.00688. The Morgan fingerprint density at radius 2 is 1.97 bits per heavy atom. The van der Waals surface area contributed by atoms with E-state index in [0.29, 0.717) is 34.7 Å². The van der Waals surface area contributed by atoms with Crippen LogP contribution in [0.4, 0.5) is 10.7 Å². The molecule has 1 atom stereocenters. The van der Waals surface area contributed by atoms with Crippen LogP contribution in [-0.2, 0) is 14.4 Å². The van der Waals surface area contributed by atoms with Crippen molar-refractivity contribution in [1.29, 1.82) is 0 Å². The molecule has 3 aromatic rings. The van der Waals surface area contributed by atoms with Gasteiger partial charge in [0.1, 0.15) is 16.4 Å². The smallest absolute Gasteiger partial charge is 0.230 e. The van der Waals surface area contributed by atoms with Crippen LogP contribution < -0.4 is 20.3 Å². The zero-order valence-corrected chi connectivity index (χ0v) is 22.1. The molecule has 0 radical (unpaired) electrons. The van der Waals surface area contributed by atoms with Crippen LogP contribution in [0.1, 0.15) is 13.3 Å². The lowest BCUT2D eigenvalue weighted by Gasteiger charge is -2.17. The van der Waals surface area contributed by atoms with Crippen LogP contribution in [0.5, 0.6) is 5.75 Å². The predicted molar refractivity (Wildman–Crippen MR) is 148 cm³/mol. The highest BCUT2D eigenvalue weighted by Crippen LogP contribution is 2.38. The third-order valence-corrected chi connectivity index (χ3v) is 7.73. The number of amides is 3. The van der Waals surface area contributed by atoms with Crippen molar-refractivity contribution in [2.24, 2.45) is 5.92 Å². The van der Waals surface area contributed by atoms with Crippen LogP contribution in [0.3, 0.4) is 0 Å². The van der Waals surface area contributed by atoms with Crippen LogP contribution in [0.15, 0.2) is 71.6 Å². The minimum Gasteiger partial charge on any atom is -0.494 e. The van der Waals surface area contributed by atoms with E-state index >= 15 is 0 Å². The summed E-state index contributed by atoms with van der Waals surface area (Å²) in [4.78, 5) is 44.3. The predicted octanol–water partition coefficient (Wildman–Crippen LogP) is 4.59. The van der Waals surface area contributed by atoms with E-state index in [0.717, 1.165) is 17.0 Å². The first-order chi connectivity index (χ1) is 18.0. The summed E-state index contributed by atoms with van der Waals surface area (Å²) >= 11 is 2.63. The molecule has 2 heterocycles. The second-order valence-electron chi connectivity index (χ2n) is 8.23. The maximum absolute atomic E-state index is 13.2. The van der Waals surface area contributed by atoms with Gasteiger partial charge in [-0.25, -0.2) is 4.98 Å². The van der Waals surface area contributed by atoms with Crippen molar-refractivity contribution in [3.8, 4) is 17.0 Å². The maximum atomic E-state index is 13.2. The summed E-state index contributed by atoms with van der Waals surface area (Å²) in [6.45, 7) is 6.77. The van der Waals surface area contributed by atoms with E-state index in [2.05, 4.69) is 17.2 Å². The fraction of sp³-hybridized carbons (Fsp3) is 0.259. The van der Waals surface area contributed by atoms with Gasteiger partial charge in [-0.15, -0.1) is 6.58 Å². The van der Waals surface area contributed by atoms with Gasteiger partial charge in [0.25, 0.3) is 0 Å². The number of carbonyl (C=O) groups is 3. The molecule has 0 saturated carbocycles. The molecule has 2 aromatic carbocycles. The number of carbonyl (C=O) groups excluding carboxylic acids is 3. The number of hydrogen-bond acceptors (Lipinski definition) is 7. The zero-order valence-electron chi connectivity index (χ0n) is 20.4. The first-order valence-electron chi connectivity index (χ1n) is 11.9. The maximum Gasteiger partial charge on any atom is 0.230 e. The Kier molecular flexibility index (Phi) is 8.97. The Bertz CT molecular complexity index is 1260. The minimum absolute atomic E-state index is 0.0984. The third-order valence-electron chi connectivity index (χ3n) is 5.62. The standard InChI is InChI=1S/C27H28N4O4S2/c1-3-14-28-22(32)17-36-27-29-24(18-8-6-5-7-9-18)26(37-27)30-25(34)19-15-23(33)31(16-19)20-10-12-21(13-11-20)35-4-2/h3,5-13,19H,1,4,14-17H2,2H3,(H,28,32)(H,30,34). The van der Waals surface area contributed by atoms with E-state index < -0.39 is 5.92 Å². The number of rotatable bonds is 11. The highest BCUT2D eigenvalue weighted by atomic mass is 32.2. The summed E-state index contributed by atoms with van der Waals surface area (Å²) in [7, 11) is 0. The second-order valence-corrected chi connectivity index (χ2v) is 10.4. The van der Waals surface area contributed by atoms with Gasteiger partial charge in [0.05, 0.1) is 18.3 Å². The van der Waals surface area contributed by atoms with E-state index in [1.165, 1.54) is 23.1 Å². The number of aromatic nitrogens is 1. The number of anilines is 2. The quantitative estimate of drug-likeness (QED) is 0.275. The van der Waals surface area contributed by atoms with Crippen molar-refractivity contribution in [2.45, 2.75) is 17.7 Å². The fourth-order valence-electron chi connectivity index (χ4n) is 3.84. The summed E-state index contributed by atoms with van der Waals surface area (Å²) in [5.41, 5.74) is 2.23. The highest BCUT2D eigenvalue weighted by Gasteiger charge is 2.35. The van der Waals surface area contributed by atoms with E-state index in [1.54, 1.807) is 11.0 Å². The van der Waals surface area contributed by atoms with Gasteiger partial charge in [-0.2, -0.15) is 0 Å². The molecule has 1 aliphatic rings. The van der Waals surface area contributed by atoms with E-state index in [4.69, 9.17) is 9.72 Å². The van der Waals surface area contributed by atoms with Crippen LogP contribution >= 0.6 is 23.1 Å². The van der Waals surface area contributed by atoms with Gasteiger partial charge in [0.2, 0.25) is 17.7 Å². The van der Waals surface area contributed by atoms with Gasteiger partial charge in [0.15, 0.2) is 4.34 Å². The first kappa shape index (κ1) is 26.4. The lowest BCUT2D eigenvalue weighted by molar-refractivity contribution is -0.122. The third kappa shape index (κ3) is 6.78. The number of benzene rings is 2. The molecule has 1 aliphatic heterocycles. The van der Waals surface area contributed by atoms with E-state index in [9.17, 15) is 14.4 Å². The SMILES string of the molecule is C=CCNC(=O)CSc1nc(-c2ccccc2)c(NC(=O)C2CC(=O)N(c3ccc(OCC)cc3)C2)s1. The molecular weight excluding hydrogens is 508 g/mol. The van der Waals surface area contributed by atoms with Crippen LogP contribution in [0.25, 0.3) is 11.3 Å². The molecule has 0 aliphatic carbocycles. The van der Waals surface area contributed by atoms with Crippen molar-refractivity contribution < 1.29 is 19.1 Å². The highest BCUT2D eigenvalue weighted by molar-refractivity contribution is 8.01. The largest absolute Gasteiger partial charge is 0.494 e. The lowest BCUT2D eigenvalue weighted by atomic mass is 10.1. The molecule has 2 N–H and O–H groups in total. The lowest BCUT2D eigenvalue weighted by Crippen LogP contribution is -2.28. The van der Waals surface area contributed by atoms with Gasteiger partial charge >= 0.3 is 0 Å². The van der Waals surface area contributed by atoms with Crippen LogP contribution in [0.2, 0.25) is 0 Å². The minimum atomic E-state index is -0.495. The number of nitrogens with one attached hydrogen (secondary N) is 2. The molecule has 3 amide bonds. The average molecular weight is 537 g/mol. The molecule has 8 nitrogen and oxygen atoms in total. The summed E-state index contributed by atoms with van der Waals surface area (Å²) in [6.07, 6.45) is 1.75. The Balaban J connectivity index is 1.47. The molecule has 1 saturated heterocycles. The molecule has 37 heavy (non-hydrogen) atoms. The number of thioether (sulfide) groups is 1. The molecular formula is C27H28N4O4S2. The zero-order chi connectivity index (χ0) is 26.2. The topological polar surface area (TPSA) is 101 Å². The Hall–Kier alpha value is -3.63.